The Morgan fingerprint density at radius 1 is 1.15 bits per heavy atom. The van der Waals surface area contributed by atoms with E-state index >= 15 is 0 Å². The zero-order valence-corrected chi connectivity index (χ0v) is 14.3. The highest BCUT2D eigenvalue weighted by atomic mass is 35.5. The highest BCUT2D eigenvalue weighted by Crippen LogP contribution is 2.25. The number of benzene rings is 1. The zero-order valence-electron chi connectivity index (χ0n) is 12.7. The predicted molar refractivity (Wildman–Crippen MR) is 90.1 cm³/mol. The molecule has 0 saturated heterocycles. The first kappa shape index (κ1) is 19.3. The van der Waals surface area contributed by atoms with Gasteiger partial charge in [-0.2, -0.15) is 0 Å². The summed E-state index contributed by atoms with van der Waals surface area (Å²) in [6.45, 7) is 8.08. The maximum Gasteiger partial charge on any atom is 0.230 e. The lowest BCUT2D eigenvalue weighted by atomic mass is 9.87. The van der Waals surface area contributed by atoms with Gasteiger partial charge in [0.1, 0.15) is 0 Å². The molecule has 0 aliphatic heterocycles. The molecule has 20 heavy (non-hydrogen) atoms. The van der Waals surface area contributed by atoms with Gasteiger partial charge < -0.3 is 10.6 Å². The average molecular weight is 317 g/mol. The Balaban J connectivity index is 0.00000361. The highest BCUT2D eigenvalue weighted by molar-refractivity contribution is 8.00. The Morgan fingerprint density at radius 2 is 1.75 bits per heavy atom. The van der Waals surface area contributed by atoms with Gasteiger partial charge in [0, 0.05) is 18.0 Å². The van der Waals surface area contributed by atoms with Gasteiger partial charge >= 0.3 is 0 Å². The largest absolute Gasteiger partial charge is 0.354 e. The molecule has 2 N–H and O–H groups in total. The summed E-state index contributed by atoms with van der Waals surface area (Å²) < 4.78 is 0. The van der Waals surface area contributed by atoms with Crippen LogP contribution in [-0.4, -0.2) is 31.8 Å². The van der Waals surface area contributed by atoms with Crippen molar-refractivity contribution in [3.05, 3.63) is 29.8 Å². The molecular formula is C15H25ClN2OS. The van der Waals surface area contributed by atoms with E-state index in [2.05, 4.69) is 55.7 Å². The minimum absolute atomic E-state index is 0. The Bertz CT molecular complexity index is 401. The standard InChI is InChI=1S/C15H24N2OS.ClH/c1-15(2,3)12-5-7-13(8-6-12)19-11-14(18)17-10-9-16-4;/h5-8,16H,9-11H2,1-4H3,(H,17,18);1H. The molecule has 0 radical (unpaired) electrons. The molecule has 0 aromatic heterocycles. The van der Waals surface area contributed by atoms with Crippen molar-refractivity contribution in [2.45, 2.75) is 31.1 Å². The Kier molecular flexibility index (Phi) is 8.94. The predicted octanol–water partition coefficient (Wildman–Crippen LogP) is 2.83. The van der Waals surface area contributed by atoms with Crippen molar-refractivity contribution in [1.82, 2.24) is 10.6 Å². The summed E-state index contributed by atoms with van der Waals surface area (Å²) in [6, 6.07) is 8.46. The van der Waals surface area contributed by atoms with Crippen LogP contribution in [0, 0.1) is 0 Å². The number of carbonyl (C=O) groups excluding carboxylic acids is 1. The lowest BCUT2D eigenvalue weighted by molar-refractivity contribution is -0.118. The van der Waals surface area contributed by atoms with E-state index in [1.54, 1.807) is 11.8 Å². The third-order valence-electron chi connectivity index (χ3n) is 2.79. The number of hydrogen-bond donors (Lipinski definition) is 2. The molecule has 0 fully saturated rings. The molecule has 0 saturated carbocycles. The summed E-state index contributed by atoms with van der Waals surface area (Å²) in [4.78, 5) is 12.7. The summed E-state index contributed by atoms with van der Waals surface area (Å²) in [5.41, 5.74) is 1.49. The van der Waals surface area contributed by atoms with E-state index in [-0.39, 0.29) is 23.7 Å². The van der Waals surface area contributed by atoms with Crippen LogP contribution in [0.15, 0.2) is 29.2 Å². The monoisotopic (exact) mass is 316 g/mol. The molecule has 1 rings (SSSR count). The molecule has 1 aromatic rings. The van der Waals surface area contributed by atoms with Crippen LogP contribution in [0.5, 0.6) is 0 Å². The smallest absolute Gasteiger partial charge is 0.230 e. The average Bonchev–Trinajstić information content (AvgIpc) is 2.36. The lowest BCUT2D eigenvalue weighted by Gasteiger charge is -2.19. The van der Waals surface area contributed by atoms with Gasteiger partial charge in [-0.05, 0) is 30.2 Å². The number of amides is 1. The van der Waals surface area contributed by atoms with Crippen molar-refractivity contribution < 1.29 is 4.79 Å². The third kappa shape index (κ3) is 7.17. The fourth-order valence-electron chi connectivity index (χ4n) is 1.58. The van der Waals surface area contributed by atoms with Crippen LogP contribution in [-0.2, 0) is 10.2 Å². The van der Waals surface area contributed by atoms with Crippen LogP contribution in [0.1, 0.15) is 26.3 Å². The molecule has 0 bridgehead atoms. The van der Waals surface area contributed by atoms with Gasteiger partial charge in [-0.3, -0.25) is 4.79 Å². The highest BCUT2D eigenvalue weighted by Gasteiger charge is 2.12. The quantitative estimate of drug-likeness (QED) is 0.626. The summed E-state index contributed by atoms with van der Waals surface area (Å²) >= 11 is 1.57. The lowest BCUT2D eigenvalue weighted by Crippen LogP contribution is -2.31. The number of thioether (sulfide) groups is 1. The molecule has 0 atom stereocenters. The van der Waals surface area contributed by atoms with Crippen LogP contribution < -0.4 is 10.6 Å². The van der Waals surface area contributed by atoms with Crippen molar-refractivity contribution in [2.75, 3.05) is 25.9 Å². The van der Waals surface area contributed by atoms with Crippen LogP contribution in [0.4, 0.5) is 0 Å². The first-order valence-corrected chi connectivity index (χ1v) is 7.56. The minimum atomic E-state index is 0. The number of rotatable bonds is 6. The van der Waals surface area contributed by atoms with Crippen molar-refractivity contribution in [1.29, 1.82) is 0 Å². The number of hydrogen-bond acceptors (Lipinski definition) is 3. The molecule has 0 aliphatic carbocycles. The molecule has 1 aromatic carbocycles. The van der Waals surface area contributed by atoms with Crippen molar-refractivity contribution in [3.8, 4) is 0 Å². The van der Waals surface area contributed by atoms with E-state index in [1.807, 2.05) is 7.05 Å². The van der Waals surface area contributed by atoms with Gasteiger partial charge in [0.05, 0.1) is 5.75 Å². The number of likely N-dealkylation sites (N-methyl/N-ethyl adjacent to an activating group) is 1. The summed E-state index contributed by atoms with van der Waals surface area (Å²) in [6.07, 6.45) is 0. The van der Waals surface area contributed by atoms with Gasteiger partial charge in [-0.25, -0.2) is 0 Å². The second-order valence-corrected chi connectivity index (χ2v) is 6.57. The molecule has 1 amide bonds. The molecule has 114 valence electrons. The van der Waals surface area contributed by atoms with E-state index in [9.17, 15) is 4.79 Å². The number of halogens is 1. The molecule has 0 unspecified atom stereocenters. The van der Waals surface area contributed by atoms with E-state index in [0.29, 0.717) is 12.3 Å². The first-order chi connectivity index (χ1) is 8.93. The molecule has 0 aliphatic rings. The fraction of sp³-hybridized carbons (Fsp3) is 0.533. The van der Waals surface area contributed by atoms with Crippen LogP contribution in [0.25, 0.3) is 0 Å². The van der Waals surface area contributed by atoms with Gasteiger partial charge in [0.25, 0.3) is 0 Å². The second-order valence-electron chi connectivity index (χ2n) is 5.52. The van der Waals surface area contributed by atoms with Crippen LogP contribution >= 0.6 is 24.2 Å². The number of carbonyl (C=O) groups is 1. The van der Waals surface area contributed by atoms with Gasteiger partial charge in [0.15, 0.2) is 0 Å². The fourth-order valence-corrected chi connectivity index (χ4v) is 2.31. The summed E-state index contributed by atoms with van der Waals surface area (Å²) in [5, 5.41) is 5.86. The molecule has 3 nitrogen and oxygen atoms in total. The van der Waals surface area contributed by atoms with Crippen molar-refractivity contribution in [3.63, 3.8) is 0 Å². The zero-order chi connectivity index (χ0) is 14.3. The Hall–Kier alpha value is -0.710. The van der Waals surface area contributed by atoms with E-state index < -0.39 is 0 Å². The number of nitrogens with one attached hydrogen (secondary N) is 2. The molecule has 0 heterocycles. The van der Waals surface area contributed by atoms with Crippen molar-refractivity contribution >= 4 is 30.1 Å². The first-order valence-electron chi connectivity index (χ1n) is 6.58. The minimum Gasteiger partial charge on any atom is -0.354 e. The van der Waals surface area contributed by atoms with Crippen molar-refractivity contribution in [2.24, 2.45) is 0 Å². The van der Waals surface area contributed by atoms with E-state index in [1.165, 1.54) is 5.56 Å². The second kappa shape index (κ2) is 9.27. The van der Waals surface area contributed by atoms with Gasteiger partial charge in [-0.1, -0.05) is 32.9 Å². The van der Waals surface area contributed by atoms with Crippen LogP contribution in [0.3, 0.4) is 0 Å². The van der Waals surface area contributed by atoms with E-state index in [0.717, 1.165) is 11.4 Å². The maximum absolute atomic E-state index is 11.6. The molecule has 5 heteroatoms. The Labute approximate surface area is 132 Å². The van der Waals surface area contributed by atoms with Gasteiger partial charge in [-0.15, -0.1) is 24.2 Å². The van der Waals surface area contributed by atoms with E-state index in [4.69, 9.17) is 0 Å². The Morgan fingerprint density at radius 3 is 2.25 bits per heavy atom. The van der Waals surface area contributed by atoms with Crippen LogP contribution in [0.2, 0.25) is 0 Å². The SMILES string of the molecule is CNCCNC(=O)CSc1ccc(C(C)(C)C)cc1.Cl. The topological polar surface area (TPSA) is 41.1 Å². The normalized spacial score (nSPS) is 10.8. The maximum atomic E-state index is 11.6. The molecule has 0 spiro atoms. The summed E-state index contributed by atoms with van der Waals surface area (Å²) in [5.74, 6) is 0.554. The third-order valence-corrected chi connectivity index (χ3v) is 3.80. The summed E-state index contributed by atoms with van der Waals surface area (Å²) in [7, 11) is 1.87. The molecular weight excluding hydrogens is 292 g/mol. The van der Waals surface area contributed by atoms with Gasteiger partial charge in [0.2, 0.25) is 5.91 Å².